The third-order valence-electron chi connectivity index (χ3n) is 2.47. The Morgan fingerprint density at radius 3 is 2.74 bits per heavy atom. The molecular formula is C14H10BrClFNO. The van der Waals surface area contributed by atoms with Gasteiger partial charge in [-0.05, 0) is 35.9 Å². The molecule has 98 valence electrons. The van der Waals surface area contributed by atoms with E-state index in [0.717, 1.165) is 5.56 Å². The number of amides is 1. The molecule has 0 heterocycles. The second kappa shape index (κ2) is 6.17. The van der Waals surface area contributed by atoms with Crippen molar-refractivity contribution in [3.8, 4) is 0 Å². The first-order valence-electron chi connectivity index (χ1n) is 5.53. The van der Waals surface area contributed by atoms with Gasteiger partial charge in [-0.1, -0.05) is 39.7 Å². The molecule has 0 aliphatic carbocycles. The van der Waals surface area contributed by atoms with E-state index in [1.54, 1.807) is 18.2 Å². The lowest BCUT2D eigenvalue weighted by Crippen LogP contribution is -2.22. The summed E-state index contributed by atoms with van der Waals surface area (Å²) in [5, 5.41) is 3.32. The molecule has 2 nitrogen and oxygen atoms in total. The minimum Gasteiger partial charge on any atom is -0.348 e. The van der Waals surface area contributed by atoms with Crippen molar-refractivity contribution in [3.63, 3.8) is 0 Å². The third-order valence-corrected chi connectivity index (χ3v) is 3.16. The molecular weight excluding hydrogens is 333 g/mol. The van der Waals surface area contributed by atoms with Crippen LogP contribution >= 0.6 is 27.5 Å². The Balaban J connectivity index is 2.05. The molecule has 5 heteroatoms. The van der Waals surface area contributed by atoms with E-state index < -0.39 is 5.82 Å². The number of benzene rings is 2. The van der Waals surface area contributed by atoms with E-state index in [2.05, 4.69) is 21.2 Å². The molecule has 0 fully saturated rings. The normalized spacial score (nSPS) is 10.3. The van der Waals surface area contributed by atoms with Crippen molar-refractivity contribution in [2.75, 3.05) is 0 Å². The maximum Gasteiger partial charge on any atom is 0.251 e. The van der Waals surface area contributed by atoms with Gasteiger partial charge in [0.1, 0.15) is 5.82 Å². The quantitative estimate of drug-likeness (QED) is 0.891. The summed E-state index contributed by atoms with van der Waals surface area (Å²) < 4.78 is 13.7. The Morgan fingerprint density at radius 2 is 2.05 bits per heavy atom. The summed E-state index contributed by atoms with van der Waals surface area (Å²) in [6, 6.07) is 11.2. The van der Waals surface area contributed by atoms with Crippen LogP contribution in [0.4, 0.5) is 4.39 Å². The van der Waals surface area contributed by atoms with Crippen LogP contribution in [-0.2, 0) is 6.54 Å². The lowest BCUT2D eigenvalue weighted by Gasteiger charge is -2.06. The van der Waals surface area contributed by atoms with Gasteiger partial charge in [0.25, 0.3) is 5.91 Å². The van der Waals surface area contributed by atoms with E-state index in [1.807, 2.05) is 12.1 Å². The Bertz CT molecular complexity index is 598. The van der Waals surface area contributed by atoms with Crippen LogP contribution in [0.25, 0.3) is 0 Å². The average molecular weight is 343 g/mol. The zero-order chi connectivity index (χ0) is 13.8. The summed E-state index contributed by atoms with van der Waals surface area (Å²) in [6.45, 7) is 0.341. The summed E-state index contributed by atoms with van der Waals surface area (Å²) in [5.74, 6) is -0.789. The van der Waals surface area contributed by atoms with Gasteiger partial charge in [0.15, 0.2) is 0 Å². The fraction of sp³-hybridized carbons (Fsp3) is 0.0714. The van der Waals surface area contributed by atoms with Crippen molar-refractivity contribution in [1.29, 1.82) is 0 Å². The lowest BCUT2D eigenvalue weighted by atomic mass is 10.2. The van der Waals surface area contributed by atoms with Gasteiger partial charge in [0.2, 0.25) is 0 Å². The number of hydrogen-bond donors (Lipinski definition) is 1. The molecule has 0 unspecified atom stereocenters. The molecule has 0 bridgehead atoms. The zero-order valence-electron chi connectivity index (χ0n) is 9.79. The number of nitrogens with one attached hydrogen (secondary N) is 1. The first kappa shape index (κ1) is 14.0. The highest BCUT2D eigenvalue weighted by atomic mass is 79.9. The first-order chi connectivity index (χ1) is 9.04. The monoisotopic (exact) mass is 341 g/mol. The molecule has 0 radical (unpaired) electrons. The highest BCUT2D eigenvalue weighted by Gasteiger charge is 2.08. The summed E-state index contributed by atoms with van der Waals surface area (Å²) in [5.41, 5.74) is 1.16. The molecule has 0 aliphatic rings. The molecule has 1 amide bonds. The van der Waals surface area contributed by atoms with Crippen molar-refractivity contribution >= 4 is 33.4 Å². The predicted molar refractivity (Wildman–Crippen MR) is 76.7 cm³/mol. The zero-order valence-corrected chi connectivity index (χ0v) is 12.1. The van der Waals surface area contributed by atoms with Crippen LogP contribution in [0.15, 0.2) is 46.9 Å². The molecule has 19 heavy (non-hydrogen) atoms. The smallest absolute Gasteiger partial charge is 0.251 e. The number of halogens is 3. The fourth-order valence-electron chi connectivity index (χ4n) is 1.62. The van der Waals surface area contributed by atoms with Gasteiger partial charge in [0.05, 0.1) is 0 Å². The topological polar surface area (TPSA) is 29.1 Å². The van der Waals surface area contributed by atoms with Crippen molar-refractivity contribution in [2.45, 2.75) is 6.54 Å². The molecule has 0 atom stereocenters. The van der Waals surface area contributed by atoms with Crippen LogP contribution in [0.3, 0.4) is 0 Å². The molecule has 0 saturated heterocycles. The van der Waals surface area contributed by atoms with Gasteiger partial charge >= 0.3 is 0 Å². The number of carbonyl (C=O) groups is 1. The van der Waals surface area contributed by atoms with Crippen LogP contribution in [0.2, 0.25) is 5.02 Å². The Hall–Kier alpha value is -1.39. The van der Waals surface area contributed by atoms with E-state index in [9.17, 15) is 9.18 Å². The van der Waals surface area contributed by atoms with Gasteiger partial charge in [-0.2, -0.15) is 0 Å². The molecule has 1 N–H and O–H groups in total. The summed E-state index contributed by atoms with van der Waals surface area (Å²) >= 11 is 9.00. The van der Waals surface area contributed by atoms with E-state index in [4.69, 9.17) is 11.6 Å². The van der Waals surface area contributed by atoms with Crippen LogP contribution in [0.5, 0.6) is 0 Å². The van der Waals surface area contributed by atoms with E-state index >= 15 is 0 Å². The maximum atomic E-state index is 13.2. The molecule has 2 aromatic carbocycles. The third kappa shape index (κ3) is 4.04. The van der Waals surface area contributed by atoms with Crippen molar-refractivity contribution < 1.29 is 9.18 Å². The highest BCUT2D eigenvalue weighted by Crippen LogP contribution is 2.15. The SMILES string of the molecule is O=C(NCc1cccc(Cl)c1)c1cc(F)cc(Br)c1. The predicted octanol–water partition coefficient (Wildman–Crippen LogP) is 4.17. The van der Waals surface area contributed by atoms with Gasteiger partial charge in [-0.25, -0.2) is 4.39 Å². The van der Waals surface area contributed by atoms with Crippen LogP contribution in [0, 0.1) is 5.82 Å². The van der Waals surface area contributed by atoms with Gasteiger partial charge in [-0.15, -0.1) is 0 Å². The highest BCUT2D eigenvalue weighted by molar-refractivity contribution is 9.10. The first-order valence-corrected chi connectivity index (χ1v) is 6.70. The molecule has 0 spiro atoms. The van der Waals surface area contributed by atoms with E-state index in [0.29, 0.717) is 16.0 Å². The number of rotatable bonds is 3. The Morgan fingerprint density at radius 1 is 1.26 bits per heavy atom. The second-order valence-electron chi connectivity index (χ2n) is 3.97. The van der Waals surface area contributed by atoms with Crippen LogP contribution < -0.4 is 5.32 Å². The maximum absolute atomic E-state index is 13.2. The molecule has 0 aromatic heterocycles. The van der Waals surface area contributed by atoms with Crippen LogP contribution in [0.1, 0.15) is 15.9 Å². The van der Waals surface area contributed by atoms with E-state index in [-0.39, 0.29) is 11.5 Å². The van der Waals surface area contributed by atoms with Crippen molar-refractivity contribution in [1.82, 2.24) is 5.32 Å². The fourth-order valence-corrected chi connectivity index (χ4v) is 2.29. The van der Waals surface area contributed by atoms with Crippen molar-refractivity contribution in [2.24, 2.45) is 0 Å². The van der Waals surface area contributed by atoms with Crippen LogP contribution in [-0.4, -0.2) is 5.91 Å². The molecule has 2 rings (SSSR count). The summed E-state index contributed by atoms with van der Waals surface area (Å²) in [4.78, 5) is 11.9. The largest absolute Gasteiger partial charge is 0.348 e. The summed E-state index contributed by atoms with van der Waals surface area (Å²) in [6.07, 6.45) is 0. The Labute approximate surface area is 123 Å². The second-order valence-corrected chi connectivity index (χ2v) is 5.32. The molecule has 2 aromatic rings. The Kier molecular flexibility index (Phi) is 4.56. The molecule has 0 aliphatic heterocycles. The minimum absolute atomic E-state index is 0.272. The van der Waals surface area contributed by atoms with Crippen molar-refractivity contribution in [3.05, 3.63) is 68.9 Å². The van der Waals surface area contributed by atoms with E-state index in [1.165, 1.54) is 12.1 Å². The van der Waals surface area contributed by atoms with Gasteiger partial charge in [-0.3, -0.25) is 4.79 Å². The standard InChI is InChI=1S/C14H10BrClFNO/c15-11-5-10(6-13(17)7-11)14(19)18-8-9-2-1-3-12(16)4-9/h1-7H,8H2,(H,18,19). The number of carbonyl (C=O) groups excluding carboxylic acids is 1. The minimum atomic E-state index is -0.456. The number of hydrogen-bond acceptors (Lipinski definition) is 1. The van der Waals surface area contributed by atoms with Gasteiger partial charge < -0.3 is 5.32 Å². The van der Waals surface area contributed by atoms with Gasteiger partial charge in [0, 0.05) is 21.6 Å². The lowest BCUT2D eigenvalue weighted by molar-refractivity contribution is 0.0950. The molecule has 0 saturated carbocycles. The average Bonchev–Trinajstić information content (AvgIpc) is 2.35. The summed E-state index contributed by atoms with van der Waals surface area (Å²) in [7, 11) is 0.